The summed E-state index contributed by atoms with van der Waals surface area (Å²) in [7, 11) is 0. The number of likely N-dealkylation sites (tertiary alicyclic amines) is 1. The average Bonchev–Trinajstić information content (AvgIpc) is 3.39. The number of fused-ring (bicyclic) bond motifs is 1. The molecule has 4 aliphatic rings. The normalized spacial score (nSPS) is 31.6. The van der Waals surface area contributed by atoms with Crippen LogP contribution in [0, 0.1) is 23.2 Å². The molecule has 0 unspecified atom stereocenters. The van der Waals surface area contributed by atoms with Gasteiger partial charge < -0.3 is 20.6 Å². The van der Waals surface area contributed by atoms with Crippen molar-refractivity contribution in [3.05, 3.63) is 35.9 Å². The first-order valence-corrected chi connectivity index (χ1v) is 12.8. The summed E-state index contributed by atoms with van der Waals surface area (Å²) < 4.78 is 0. The number of hydrogen-bond donors (Lipinski definition) is 3. The van der Waals surface area contributed by atoms with Crippen LogP contribution in [0.2, 0.25) is 0 Å². The van der Waals surface area contributed by atoms with Gasteiger partial charge in [-0.25, -0.2) is 0 Å². The molecule has 3 N–H and O–H groups in total. The maximum Gasteiger partial charge on any atom is 0.243 e. The highest BCUT2D eigenvalue weighted by molar-refractivity contribution is 5.95. The lowest BCUT2D eigenvalue weighted by Crippen LogP contribution is -2.56. The molecule has 184 valence electrons. The van der Waals surface area contributed by atoms with E-state index < -0.39 is 17.5 Å². The smallest absolute Gasteiger partial charge is 0.243 e. The third-order valence-corrected chi connectivity index (χ3v) is 9.23. The van der Waals surface area contributed by atoms with Crippen LogP contribution in [0.5, 0.6) is 0 Å². The Kier molecular flexibility index (Phi) is 5.95. The topological polar surface area (TPSA) is 98.7 Å². The van der Waals surface area contributed by atoms with Crippen molar-refractivity contribution in [2.24, 2.45) is 23.2 Å². The SMILES string of the molecule is CC1(C)[C@@H]2[C@@H](C(=O)N[C@H](CO)C[C@@H]3CCNC3=O)N(C(=O)C3(c4ccccc4)CCCC3)C[C@@H]21. The molecule has 2 saturated heterocycles. The number of benzene rings is 1. The molecule has 2 aliphatic heterocycles. The molecule has 7 heteroatoms. The second kappa shape index (κ2) is 8.67. The van der Waals surface area contributed by atoms with Gasteiger partial charge in [-0.15, -0.1) is 0 Å². The number of aliphatic hydroxyl groups is 1. The van der Waals surface area contributed by atoms with E-state index in [1.807, 2.05) is 35.2 Å². The molecule has 2 aliphatic carbocycles. The number of hydrogen-bond acceptors (Lipinski definition) is 4. The highest BCUT2D eigenvalue weighted by Crippen LogP contribution is 2.65. The van der Waals surface area contributed by atoms with Crippen molar-refractivity contribution in [1.29, 1.82) is 0 Å². The number of aliphatic hydroxyl groups excluding tert-OH is 1. The molecule has 7 nitrogen and oxygen atoms in total. The number of amides is 3. The fourth-order valence-electron chi connectivity index (χ4n) is 7.11. The zero-order valence-corrected chi connectivity index (χ0v) is 20.3. The van der Waals surface area contributed by atoms with E-state index in [0.29, 0.717) is 25.4 Å². The summed E-state index contributed by atoms with van der Waals surface area (Å²) >= 11 is 0. The molecule has 2 saturated carbocycles. The molecule has 1 aromatic carbocycles. The van der Waals surface area contributed by atoms with Gasteiger partial charge in [-0.2, -0.15) is 0 Å². The minimum atomic E-state index is -0.557. The number of rotatable bonds is 7. The second-order valence-corrected chi connectivity index (χ2v) is 11.4. The Labute approximate surface area is 201 Å². The largest absolute Gasteiger partial charge is 0.394 e. The molecular formula is C27H37N3O4. The lowest BCUT2D eigenvalue weighted by molar-refractivity contribution is -0.145. The standard InChI is InChI=1S/C27H37N3O4/c1-26(2)20-15-30(25(34)27(11-6-7-12-27)18-8-4-3-5-9-18)22(21(20)26)24(33)29-19(16-31)14-17-10-13-28-23(17)32/h3-5,8-9,17,19-22,31H,6-7,10-16H2,1-2H3,(H,28,32)(H,29,33)/t17-,19-,20-,21-,22-/m0/s1. The van der Waals surface area contributed by atoms with Crippen molar-refractivity contribution in [3.8, 4) is 0 Å². The monoisotopic (exact) mass is 467 g/mol. The number of nitrogens with one attached hydrogen (secondary N) is 2. The number of piperidine rings is 1. The highest BCUT2D eigenvalue weighted by atomic mass is 16.3. The van der Waals surface area contributed by atoms with Crippen LogP contribution in [0.4, 0.5) is 0 Å². The van der Waals surface area contributed by atoms with Crippen molar-refractivity contribution in [2.75, 3.05) is 19.7 Å². The first-order valence-electron chi connectivity index (χ1n) is 12.8. The molecule has 0 radical (unpaired) electrons. The summed E-state index contributed by atoms with van der Waals surface area (Å²) in [6.07, 6.45) is 4.79. The number of carbonyl (C=O) groups is 3. The number of nitrogens with zero attached hydrogens (tertiary/aromatic N) is 1. The van der Waals surface area contributed by atoms with Gasteiger partial charge in [-0.1, -0.05) is 57.0 Å². The molecule has 5 rings (SSSR count). The zero-order valence-electron chi connectivity index (χ0n) is 20.3. The lowest BCUT2D eigenvalue weighted by Gasteiger charge is -2.38. The van der Waals surface area contributed by atoms with Gasteiger partial charge in [0.05, 0.1) is 18.1 Å². The number of carbonyl (C=O) groups excluding carboxylic acids is 3. The van der Waals surface area contributed by atoms with Crippen molar-refractivity contribution in [1.82, 2.24) is 15.5 Å². The second-order valence-electron chi connectivity index (χ2n) is 11.4. The summed E-state index contributed by atoms with van der Waals surface area (Å²) in [5.41, 5.74) is 0.518. The Morgan fingerprint density at radius 3 is 2.53 bits per heavy atom. The third-order valence-electron chi connectivity index (χ3n) is 9.23. The Balaban J connectivity index is 1.38. The van der Waals surface area contributed by atoms with E-state index in [0.717, 1.165) is 37.7 Å². The van der Waals surface area contributed by atoms with Crippen molar-refractivity contribution in [3.63, 3.8) is 0 Å². The lowest BCUT2D eigenvalue weighted by atomic mass is 9.77. The summed E-state index contributed by atoms with van der Waals surface area (Å²) in [5, 5.41) is 15.8. The Morgan fingerprint density at radius 2 is 1.91 bits per heavy atom. The Hall–Kier alpha value is -2.41. The molecule has 4 fully saturated rings. The fraction of sp³-hybridized carbons (Fsp3) is 0.667. The Morgan fingerprint density at radius 1 is 1.21 bits per heavy atom. The van der Waals surface area contributed by atoms with E-state index in [1.165, 1.54) is 0 Å². The summed E-state index contributed by atoms with van der Waals surface area (Å²) in [5.74, 6) is 0.123. The van der Waals surface area contributed by atoms with Gasteiger partial charge in [0.2, 0.25) is 17.7 Å². The molecule has 3 amide bonds. The fourth-order valence-corrected chi connectivity index (χ4v) is 7.11. The Bertz CT molecular complexity index is 956. The van der Waals surface area contributed by atoms with Crippen LogP contribution in [0.15, 0.2) is 30.3 Å². The first kappa shape index (κ1) is 23.3. The van der Waals surface area contributed by atoms with E-state index in [4.69, 9.17) is 0 Å². The zero-order chi connectivity index (χ0) is 24.1. The van der Waals surface area contributed by atoms with Crippen molar-refractivity contribution < 1.29 is 19.5 Å². The van der Waals surface area contributed by atoms with Gasteiger partial charge in [-0.05, 0) is 48.5 Å². The third kappa shape index (κ3) is 3.72. The van der Waals surface area contributed by atoms with Crippen LogP contribution in [-0.2, 0) is 19.8 Å². The van der Waals surface area contributed by atoms with Gasteiger partial charge in [-0.3, -0.25) is 14.4 Å². The highest BCUT2D eigenvalue weighted by Gasteiger charge is 2.70. The molecule has 34 heavy (non-hydrogen) atoms. The van der Waals surface area contributed by atoms with E-state index in [9.17, 15) is 19.5 Å². The van der Waals surface area contributed by atoms with Crippen molar-refractivity contribution in [2.45, 2.75) is 69.9 Å². The maximum absolute atomic E-state index is 14.2. The van der Waals surface area contributed by atoms with Gasteiger partial charge in [0, 0.05) is 19.0 Å². The molecule has 1 aromatic rings. The average molecular weight is 468 g/mol. The molecule has 0 spiro atoms. The quantitative estimate of drug-likeness (QED) is 0.571. The van der Waals surface area contributed by atoms with Crippen LogP contribution in [0.25, 0.3) is 0 Å². The van der Waals surface area contributed by atoms with E-state index in [-0.39, 0.29) is 41.6 Å². The van der Waals surface area contributed by atoms with E-state index >= 15 is 0 Å². The van der Waals surface area contributed by atoms with Crippen LogP contribution in [0.1, 0.15) is 57.9 Å². The summed E-state index contributed by atoms with van der Waals surface area (Å²) in [6.45, 7) is 5.39. The predicted octanol–water partition coefficient (Wildman–Crippen LogP) is 1.98. The van der Waals surface area contributed by atoms with Crippen LogP contribution >= 0.6 is 0 Å². The predicted molar refractivity (Wildman–Crippen MR) is 128 cm³/mol. The summed E-state index contributed by atoms with van der Waals surface area (Å²) in [4.78, 5) is 41.7. The van der Waals surface area contributed by atoms with E-state index in [1.54, 1.807) is 0 Å². The first-order chi connectivity index (χ1) is 16.3. The minimum absolute atomic E-state index is 0.0141. The molecule has 0 bridgehead atoms. The van der Waals surface area contributed by atoms with Gasteiger partial charge in [0.1, 0.15) is 6.04 Å². The van der Waals surface area contributed by atoms with Crippen LogP contribution in [-0.4, -0.2) is 59.5 Å². The summed E-state index contributed by atoms with van der Waals surface area (Å²) in [6, 6.07) is 9.03. The van der Waals surface area contributed by atoms with Crippen molar-refractivity contribution >= 4 is 17.7 Å². The molecule has 2 heterocycles. The maximum atomic E-state index is 14.2. The van der Waals surface area contributed by atoms with Gasteiger partial charge >= 0.3 is 0 Å². The van der Waals surface area contributed by atoms with Gasteiger partial charge in [0.15, 0.2) is 0 Å². The van der Waals surface area contributed by atoms with Crippen LogP contribution in [0.3, 0.4) is 0 Å². The molecule has 0 aromatic heterocycles. The minimum Gasteiger partial charge on any atom is -0.394 e. The van der Waals surface area contributed by atoms with E-state index in [2.05, 4.69) is 24.5 Å². The molecule has 5 atom stereocenters. The van der Waals surface area contributed by atoms with Crippen LogP contribution < -0.4 is 10.6 Å². The van der Waals surface area contributed by atoms with Gasteiger partial charge in [0.25, 0.3) is 0 Å². The molecular weight excluding hydrogens is 430 g/mol.